The van der Waals surface area contributed by atoms with Crippen LogP contribution in [0.3, 0.4) is 0 Å². The van der Waals surface area contributed by atoms with Crippen molar-refractivity contribution in [2.75, 3.05) is 53.4 Å². The van der Waals surface area contributed by atoms with Gasteiger partial charge >= 0.3 is 6.03 Å². The predicted octanol–water partition coefficient (Wildman–Crippen LogP) is 7.74. The van der Waals surface area contributed by atoms with E-state index in [4.69, 9.17) is 51.2 Å². The Hall–Kier alpha value is -3.08. The van der Waals surface area contributed by atoms with Crippen LogP contribution in [0, 0.1) is 0 Å². The van der Waals surface area contributed by atoms with Gasteiger partial charge in [-0.1, -0.05) is 63.7 Å². The molecule has 2 fully saturated rings. The molecule has 3 heterocycles. The molecule has 2 aliphatic rings. The molecule has 9 nitrogen and oxygen atoms in total. The normalized spacial score (nSPS) is 17.0. The van der Waals surface area contributed by atoms with E-state index >= 15 is 0 Å². The molecule has 1 aromatic heterocycles. The Morgan fingerprint density at radius 1 is 1.02 bits per heavy atom. The Morgan fingerprint density at radius 3 is 2.44 bits per heavy atom. The van der Waals surface area contributed by atoms with Crippen molar-refractivity contribution in [1.82, 2.24) is 24.6 Å². The number of pyridine rings is 1. The van der Waals surface area contributed by atoms with E-state index in [0.29, 0.717) is 44.3 Å². The molecule has 2 saturated heterocycles. The van der Waals surface area contributed by atoms with Crippen molar-refractivity contribution in [2.24, 2.45) is 5.16 Å². The quantitative estimate of drug-likeness (QED) is 0.141. The minimum atomic E-state index is -0.246. The summed E-state index contributed by atoms with van der Waals surface area (Å²) in [5, 5.41) is 6.08. The van der Waals surface area contributed by atoms with Gasteiger partial charge in [-0.15, -0.1) is 0 Å². The number of benzene rings is 2. The van der Waals surface area contributed by atoms with E-state index in [1.54, 1.807) is 42.4 Å². The molecule has 2 aromatic carbocycles. The Bertz CT molecular complexity index is 1580. The second kappa shape index (κ2) is 17.0. The number of oxime groups is 1. The first-order chi connectivity index (χ1) is 23.1. The van der Waals surface area contributed by atoms with Crippen LogP contribution in [0.1, 0.15) is 53.1 Å². The molecule has 0 aliphatic carbocycles. The lowest BCUT2D eigenvalue weighted by atomic mass is 9.89. The van der Waals surface area contributed by atoms with Gasteiger partial charge in [0.15, 0.2) is 0 Å². The zero-order valence-electron chi connectivity index (χ0n) is 27.1. The molecule has 13 heteroatoms. The topological polar surface area (TPSA) is 81.6 Å². The lowest BCUT2D eigenvalue weighted by molar-refractivity contribution is 0.0760. The molecule has 0 saturated carbocycles. The molecule has 48 heavy (non-hydrogen) atoms. The van der Waals surface area contributed by atoms with Gasteiger partial charge in [0, 0.05) is 79.7 Å². The van der Waals surface area contributed by atoms with Crippen LogP contribution in [-0.4, -0.2) is 102 Å². The lowest BCUT2D eigenvalue weighted by Crippen LogP contribution is -2.55. The molecule has 256 valence electrons. The molecule has 2 aliphatic heterocycles. The summed E-state index contributed by atoms with van der Waals surface area (Å²) in [4.78, 5) is 44.4. The van der Waals surface area contributed by atoms with Gasteiger partial charge in [0.1, 0.15) is 7.11 Å². The van der Waals surface area contributed by atoms with Crippen molar-refractivity contribution in [3.8, 4) is 0 Å². The third-order valence-corrected chi connectivity index (χ3v) is 10.2. The molecule has 3 amide bonds. The highest BCUT2D eigenvalue weighted by atomic mass is 35.5. The first-order valence-corrected chi connectivity index (χ1v) is 17.6. The number of hydrogen-bond acceptors (Lipinski definition) is 6. The molecule has 1 atom stereocenters. The summed E-state index contributed by atoms with van der Waals surface area (Å²) < 4.78 is 0. The van der Waals surface area contributed by atoms with Gasteiger partial charge in [-0.05, 0) is 79.8 Å². The summed E-state index contributed by atoms with van der Waals surface area (Å²) in [5.74, 6) is -0.454. The smallest absolute Gasteiger partial charge is 0.320 e. The number of urea groups is 1. The first-order valence-electron chi connectivity index (χ1n) is 16.1. The molecule has 0 N–H and O–H groups in total. The number of likely N-dealkylation sites (tertiary alicyclic amines) is 1. The van der Waals surface area contributed by atoms with E-state index < -0.39 is 0 Å². The molecular formula is C35H40Cl4N6O3. The molecule has 0 radical (unpaired) electrons. The maximum absolute atomic E-state index is 13.5. The van der Waals surface area contributed by atoms with Crippen LogP contribution in [0.4, 0.5) is 4.79 Å². The van der Waals surface area contributed by atoms with Crippen LogP contribution in [0.2, 0.25) is 20.1 Å². The predicted molar refractivity (Wildman–Crippen MR) is 193 cm³/mol. The highest BCUT2D eigenvalue weighted by Crippen LogP contribution is 2.31. The van der Waals surface area contributed by atoms with E-state index in [-0.39, 0.29) is 30.4 Å². The molecule has 5 rings (SSSR count). The van der Waals surface area contributed by atoms with Crippen molar-refractivity contribution >= 4 is 64.1 Å². The summed E-state index contributed by atoms with van der Waals surface area (Å²) in [7, 11) is 3.20. The van der Waals surface area contributed by atoms with Gasteiger partial charge in [-0.3, -0.25) is 9.78 Å². The largest absolute Gasteiger partial charge is 0.399 e. The number of hydrogen-bond donors (Lipinski definition) is 0. The Morgan fingerprint density at radius 2 is 1.77 bits per heavy atom. The third-order valence-electron chi connectivity index (χ3n) is 8.98. The second-order valence-corrected chi connectivity index (χ2v) is 14.0. The highest BCUT2D eigenvalue weighted by molar-refractivity contribution is 6.42. The number of carbonyl (C=O) groups is 2. The van der Waals surface area contributed by atoms with E-state index in [2.05, 4.69) is 19.9 Å². The number of aromatic nitrogens is 1. The fourth-order valence-electron chi connectivity index (χ4n) is 6.56. The summed E-state index contributed by atoms with van der Waals surface area (Å²) >= 11 is 25.1. The highest BCUT2D eigenvalue weighted by Gasteiger charge is 2.34. The van der Waals surface area contributed by atoms with Gasteiger partial charge in [-0.2, -0.15) is 0 Å². The van der Waals surface area contributed by atoms with Crippen molar-refractivity contribution in [2.45, 2.75) is 44.2 Å². The van der Waals surface area contributed by atoms with Gasteiger partial charge in [0.25, 0.3) is 5.91 Å². The van der Waals surface area contributed by atoms with Gasteiger partial charge in [-0.25, -0.2) is 4.79 Å². The molecular weight excluding hydrogens is 694 g/mol. The SMILES string of the molecule is CO/N=C(\CN(C)C(=O)c1cc(Cl)cc(Cl)c1)[C@H](CCN1CCC(N2CCCN(Cc3cccnc3)C2=O)CC1)c1ccc(Cl)c(Cl)c1. The number of amides is 3. The van der Waals surface area contributed by atoms with E-state index in [0.717, 1.165) is 63.1 Å². The standard InChI is InChI=1S/C35H40Cl4N6O3/c1-42(34(46)26-17-27(36)20-28(37)18-26)23-33(41-48-2)30(25-6-7-31(38)32(39)19-25)10-16-43-14-8-29(9-15-43)45-13-4-12-44(35(45)47)22-24-5-3-11-40-21-24/h3,5-7,11,17-21,29-30H,4,8-10,12-16,22-23H2,1-2H3/b41-33+/t30-/m1/s1. The van der Waals surface area contributed by atoms with Crippen LogP contribution in [0.15, 0.2) is 66.1 Å². The van der Waals surface area contributed by atoms with Gasteiger partial charge in [0.05, 0.1) is 22.3 Å². The summed E-state index contributed by atoms with van der Waals surface area (Å²) in [6, 6.07) is 14.6. The second-order valence-electron chi connectivity index (χ2n) is 12.3. The Labute approximate surface area is 302 Å². The summed E-state index contributed by atoms with van der Waals surface area (Å²) in [6.07, 6.45) is 7.05. The first kappa shape index (κ1) is 36.2. The average molecular weight is 735 g/mol. The zero-order valence-corrected chi connectivity index (χ0v) is 30.1. The maximum Gasteiger partial charge on any atom is 0.320 e. The number of piperidine rings is 1. The fourth-order valence-corrected chi connectivity index (χ4v) is 7.39. The minimum absolute atomic E-state index is 0.113. The maximum atomic E-state index is 13.5. The monoisotopic (exact) mass is 732 g/mol. The van der Waals surface area contributed by atoms with Crippen LogP contribution in [0.5, 0.6) is 0 Å². The Balaban J connectivity index is 1.24. The van der Waals surface area contributed by atoms with Crippen LogP contribution < -0.4 is 0 Å². The molecule has 0 bridgehead atoms. The van der Waals surface area contributed by atoms with Crippen molar-refractivity contribution < 1.29 is 14.4 Å². The van der Waals surface area contributed by atoms with E-state index in [1.165, 1.54) is 7.11 Å². The average Bonchev–Trinajstić information content (AvgIpc) is 3.07. The summed E-state index contributed by atoms with van der Waals surface area (Å²) in [6.45, 7) is 4.86. The van der Waals surface area contributed by atoms with Crippen LogP contribution in [-0.2, 0) is 11.4 Å². The fraction of sp³-hybridized carbons (Fsp3) is 0.429. The van der Waals surface area contributed by atoms with E-state index in [9.17, 15) is 9.59 Å². The number of carbonyl (C=O) groups excluding carboxylic acids is 2. The minimum Gasteiger partial charge on any atom is -0.399 e. The lowest BCUT2D eigenvalue weighted by Gasteiger charge is -2.43. The van der Waals surface area contributed by atoms with Crippen LogP contribution >= 0.6 is 46.4 Å². The number of nitrogens with zero attached hydrogens (tertiary/aromatic N) is 6. The Kier molecular flexibility index (Phi) is 12.8. The van der Waals surface area contributed by atoms with Crippen molar-refractivity contribution in [1.29, 1.82) is 0 Å². The van der Waals surface area contributed by atoms with Gasteiger partial charge < -0.3 is 24.4 Å². The zero-order chi connectivity index (χ0) is 34.2. The summed E-state index contributed by atoms with van der Waals surface area (Å²) in [5.41, 5.74) is 3.02. The van der Waals surface area contributed by atoms with Crippen molar-refractivity contribution in [3.63, 3.8) is 0 Å². The van der Waals surface area contributed by atoms with Crippen LogP contribution in [0.25, 0.3) is 0 Å². The third kappa shape index (κ3) is 9.33. The number of rotatable bonds is 12. The van der Waals surface area contributed by atoms with Crippen molar-refractivity contribution in [3.05, 3.63) is 97.7 Å². The van der Waals surface area contributed by atoms with E-state index in [1.807, 2.05) is 35.4 Å². The molecule has 3 aromatic rings. The molecule has 0 unspecified atom stereocenters. The number of halogens is 4. The van der Waals surface area contributed by atoms with Gasteiger partial charge in [0.2, 0.25) is 0 Å². The molecule has 0 spiro atoms.